The molecule has 2 aromatic rings. The van der Waals surface area contributed by atoms with Crippen molar-refractivity contribution in [2.24, 2.45) is 0 Å². The summed E-state index contributed by atoms with van der Waals surface area (Å²) in [4.78, 5) is 20.2. The number of fused-ring (bicyclic) bond motifs is 1. The van der Waals surface area contributed by atoms with Gasteiger partial charge in [-0.3, -0.25) is 4.79 Å². The molecule has 1 aromatic heterocycles. The molecule has 1 aliphatic carbocycles. The molecule has 1 aromatic carbocycles. The minimum Gasteiger partial charge on any atom is -0.454 e. The Labute approximate surface area is 188 Å². The number of nitrogens with zero attached hydrogens (tertiary/aromatic N) is 2. The van der Waals surface area contributed by atoms with Gasteiger partial charge in [-0.25, -0.2) is 9.97 Å². The third-order valence-corrected chi connectivity index (χ3v) is 6.29. The van der Waals surface area contributed by atoms with E-state index in [2.05, 4.69) is 15.3 Å². The number of benzene rings is 1. The second-order valence-electron chi connectivity index (χ2n) is 7.84. The number of ether oxygens (including phenoxy) is 2. The third-order valence-electron chi connectivity index (χ3n) is 5.44. The maximum absolute atomic E-state index is 13.4. The van der Waals surface area contributed by atoms with E-state index in [1.54, 1.807) is 18.2 Å². The number of carbonyl (C=O) groups excluding carboxylic acids is 1. The molecular formula is C22H24F3N3O3S. The maximum atomic E-state index is 13.4. The Kier molecular flexibility index (Phi) is 7.07. The first-order valence-corrected chi connectivity index (χ1v) is 11.7. The number of rotatable bonds is 6. The van der Waals surface area contributed by atoms with E-state index >= 15 is 0 Å². The Bertz CT molecular complexity index is 963. The lowest BCUT2D eigenvalue weighted by atomic mass is 10.1. The Balaban J connectivity index is 1.43. The van der Waals surface area contributed by atoms with Crippen molar-refractivity contribution in [2.45, 2.75) is 62.3 Å². The smallest absolute Gasteiger partial charge is 0.433 e. The van der Waals surface area contributed by atoms with Crippen molar-refractivity contribution >= 4 is 17.7 Å². The monoisotopic (exact) mass is 467 g/mol. The second-order valence-corrected chi connectivity index (χ2v) is 8.90. The quantitative estimate of drug-likeness (QED) is 0.357. The summed E-state index contributed by atoms with van der Waals surface area (Å²) in [7, 11) is 0. The molecule has 2 heterocycles. The van der Waals surface area contributed by atoms with Crippen molar-refractivity contribution < 1.29 is 27.4 Å². The zero-order valence-electron chi connectivity index (χ0n) is 17.4. The van der Waals surface area contributed by atoms with Crippen molar-refractivity contribution in [2.75, 3.05) is 12.5 Å². The molecule has 1 fully saturated rings. The largest absolute Gasteiger partial charge is 0.454 e. The summed E-state index contributed by atoms with van der Waals surface area (Å²) in [5, 5.41) is 3.02. The highest BCUT2D eigenvalue weighted by atomic mass is 32.2. The maximum Gasteiger partial charge on any atom is 0.433 e. The van der Waals surface area contributed by atoms with E-state index in [4.69, 9.17) is 9.47 Å². The van der Waals surface area contributed by atoms with Crippen LogP contribution in [0.3, 0.4) is 0 Å². The minimum atomic E-state index is -4.61. The Morgan fingerprint density at radius 3 is 2.56 bits per heavy atom. The van der Waals surface area contributed by atoms with Crippen LogP contribution in [0.1, 0.15) is 50.6 Å². The van der Waals surface area contributed by atoms with Gasteiger partial charge in [0.25, 0.3) is 0 Å². The van der Waals surface area contributed by atoms with Crippen LogP contribution in [-0.2, 0) is 11.0 Å². The zero-order valence-corrected chi connectivity index (χ0v) is 18.2. The number of hydrogen-bond acceptors (Lipinski definition) is 6. The van der Waals surface area contributed by atoms with Crippen molar-refractivity contribution in [3.05, 3.63) is 30.0 Å². The molecular weight excluding hydrogens is 443 g/mol. The molecule has 1 saturated carbocycles. The molecule has 0 radical (unpaired) electrons. The number of hydrogen-bond donors (Lipinski definition) is 1. The van der Waals surface area contributed by atoms with Crippen molar-refractivity contribution in [3.8, 4) is 22.8 Å². The van der Waals surface area contributed by atoms with Gasteiger partial charge in [0.2, 0.25) is 12.7 Å². The summed E-state index contributed by atoms with van der Waals surface area (Å²) < 4.78 is 50.8. The number of amides is 1. The number of alkyl halides is 3. The highest BCUT2D eigenvalue weighted by Gasteiger charge is 2.34. The molecule has 4 rings (SSSR count). The van der Waals surface area contributed by atoms with Gasteiger partial charge in [-0.15, -0.1) is 0 Å². The molecule has 6 nitrogen and oxygen atoms in total. The molecule has 1 amide bonds. The average molecular weight is 468 g/mol. The first-order chi connectivity index (χ1) is 15.4. The lowest BCUT2D eigenvalue weighted by Crippen LogP contribution is -2.34. The Hall–Kier alpha value is -2.49. The molecule has 1 N–H and O–H groups in total. The molecule has 0 saturated heterocycles. The Morgan fingerprint density at radius 1 is 1.06 bits per heavy atom. The van der Waals surface area contributed by atoms with Gasteiger partial charge in [-0.2, -0.15) is 13.2 Å². The van der Waals surface area contributed by atoms with Crippen molar-refractivity contribution in [1.29, 1.82) is 0 Å². The number of carbonyl (C=O) groups is 1. The normalized spacial score (nSPS) is 16.6. The second kappa shape index (κ2) is 9.97. The summed E-state index contributed by atoms with van der Waals surface area (Å²) >= 11 is 1.04. The topological polar surface area (TPSA) is 73.3 Å². The van der Waals surface area contributed by atoms with E-state index in [0.29, 0.717) is 22.8 Å². The summed E-state index contributed by atoms with van der Waals surface area (Å²) in [5.41, 5.74) is -0.420. The first-order valence-electron chi connectivity index (χ1n) is 10.7. The summed E-state index contributed by atoms with van der Waals surface area (Å²) in [5.74, 6) is 1.19. The molecule has 0 unspecified atom stereocenters. The average Bonchev–Trinajstić information content (AvgIpc) is 3.08. The van der Waals surface area contributed by atoms with Gasteiger partial charge >= 0.3 is 6.18 Å². The predicted molar refractivity (Wildman–Crippen MR) is 114 cm³/mol. The van der Waals surface area contributed by atoms with Crippen LogP contribution < -0.4 is 14.8 Å². The van der Waals surface area contributed by atoms with Crippen molar-refractivity contribution in [3.63, 3.8) is 0 Å². The van der Waals surface area contributed by atoms with E-state index in [9.17, 15) is 18.0 Å². The number of aromatic nitrogens is 2. The van der Waals surface area contributed by atoms with E-state index in [1.165, 1.54) is 12.8 Å². The van der Waals surface area contributed by atoms with Gasteiger partial charge in [-0.1, -0.05) is 37.4 Å². The van der Waals surface area contributed by atoms with E-state index in [0.717, 1.165) is 43.5 Å². The molecule has 0 atom stereocenters. The van der Waals surface area contributed by atoms with Gasteiger partial charge < -0.3 is 14.8 Å². The molecule has 1 aliphatic heterocycles. The van der Waals surface area contributed by atoms with E-state index in [1.807, 2.05) is 0 Å². The van der Waals surface area contributed by atoms with Gasteiger partial charge in [0.05, 0.1) is 5.69 Å². The van der Waals surface area contributed by atoms with Crippen molar-refractivity contribution in [1.82, 2.24) is 15.3 Å². The number of thioether (sulfide) groups is 1. The van der Waals surface area contributed by atoms with Gasteiger partial charge in [0, 0.05) is 23.8 Å². The van der Waals surface area contributed by atoms with Crippen LogP contribution in [0.25, 0.3) is 11.3 Å². The SMILES string of the molecule is O=C(CCSc1nc(-c2ccc3c(c2)OCO3)cc(C(F)(F)F)n1)NC1CCCCCC1. The lowest BCUT2D eigenvalue weighted by molar-refractivity contribution is -0.141. The Morgan fingerprint density at radius 2 is 1.81 bits per heavy atom. The summed E-state index contributed by atoms with van der Waals surface area (Å²) in [6.45, 7) is 0.0698. The minimum absolute atomic E-state index is 0.0187. The van der Waals surface area contributed by atoms with E-state index in [-0.39, 0.29) is 36.0 Å². The van der Waals surface area contributed by atoms with Crippen LogP contribution in [0, 0.1) is 0 Å². The fourth-order valence-corrected chi connectivity index (χ4v) is 4.59. The number of halogens is 3. The van der Waals surface area contributed by atoms with Crippen LogP contribution in [0.4, 0.5) is 13.2 Å². The molecule has 172 valence electrons. The molecule has 2 aliphatic rings. The lowest BCUT2D eigenvalue weighted by Gasteiger charge is -2.16. The predicted octanol–water partition coefficient (Wildman–Crippen LogP) is 5.21. The van der Waals surface area contributed by atoms with Gasteiger partial charge in [0.1, 0.15) is 5.69 Å². The number of nitrogens with one attached hydrogen (secondary N) is 1. The summed E-state index contributed by atoms with van der Waals surface area (Å²) in [6, 6.07) is 5.97. The van der Waals surface area contributed by atoms with Crippen LogP contribution in [0.15, 0.2) is 29.4 Å². The third kappa shape index (κ3) is 5.85. The highest BCUT2D eigenvalue weighted by Crippen LogP contribution is 2.37. The van der Waals surface area contributed by atoms with Gasteiger partial charge in [0.15, 0.2) is 16.7 Å². The van der Waals surface area contributed by atoms with Crippen LogP contribution in [0.2, 0.25) is 0 Å². The fourth-order valence-electron chi connectivity index (χ4n) is 3.80. The molecule has 32 heavy (non-hydrogen) atoms. The zero-order chi connectivity index (χ0) is 22.6. The molecule has 0 spiro atoms. The molecule has 10 heteroatoms. The highest BCUT2D eigenvalue weighted by molar-refractivity contribution is 7.99. The summed E-state index contributed by atoms with van der Waals surface area (Å²) in [6.07, 6.45) is 2.16. The van der Waals surface area contributed by atoms with E-state index < -0.39 is 11.9 Å². The molecule has 0 bridgehead atoms. The first kappa shape index (κ1) is 22.7. The van der Waals surface area contributed by atoms with Gasteiger partial charge in [-0.05, 0) is 37.1 Å². The standard InChI is InChI=1S/C22H24F3N3O3S/c23-22(24,25)19-12-16(14-7-8-17-18(11-14)31-13-30-17)27-21(28-19)32-10-9-20(29)26-15-5-3-1-2-4-6-15/h7-8,11-12,15H,1-6,9-10,13H2,(H,26,29). The van der Waals surface area contributed by atoms with Crippen LogP contribution >= 0.6 is 11.8 Å². The van der Waals surface area contributed by atoms with Crippen LogP contribution in [0.5, 0.6) is 11.5 Å². The fraction of sp³-hybridized carbons (Fsp3) is 0.500. The van der Waals surface area contributed by atoms with Crippen LogP contribution in [-0.4, -0.2) is 34.5 Å².